The van der Waals surface area contributed by atoms with E-state index in [9.17, 15) is 39.3 Å². The fraction of sp³-hybridized carbons (Fsp3) is 0.706. The number of nitrogens with two attached hydrogens (primary N) is 1. The number of aliphatic hydroxyl groups excluding tert-OH is 2. The van der Waals surface area contributed by atoms with Crippen LogP contribution in [0.2, 0.25) is 0 Å². The molecule has 6 atom stereocenters. The first-order chi connectivity index (χ1) is 13.8. The molecule has 0 spiro atoms. The summed E-state index contributed by atoms with van der Waals surface area (Å²) >= 11 is 0. The highest BCUT2D eigenvalue weighted by atomic mass is 16.4. The van der Waals surface area contributed by atoms with E-state index in [1.54, 1.807) is 13.8 Å². The predicted octanol–water partition coefficient (Wildman–Crippen LogP) is -3.25. The summed E-state index contributed by atoms with van der Waals surface area (Å²) < 4.78 is 0. The maximum absolute atomic E-state index is 12.4. The minimum absolute atomic E-state index is 0.433. The molecule has 0 bridgehead atoms. The van der Waals surface area contributed by atoms with Crippen molar-refractivity contribution in [2.24, 2.45) is 11.7 Å². The lowest BCUT2D eigenvalue weighted by molar-refractivity contribution is -0.144. The van der Waals surface area contributed by atoms with Gasteiger partial charge in [0, 0.05) is 0 Å². The van der Waals surface area contributed by atoms with E-state index in [2.05, 4.69) is 10.6 Å². The van der Waals surface area contributed by atoms with Gasteiger partial charge < -0.3 is 42.1 Å². The van der Waals surface area contributed by atoms with E-state index in [0.29, 0.717) is 6.42 Å². The second kappa shape index (κ2) is 12.7. The third kappa shape index (κ3) is 8.71. The molecule has 30 heavy (non-hydrogen) atoms. The number of carbonyl (C=O) groups excluding carboxylic acids is 3. The third-order valence-corrected chi connectivity index (χ3v) is 4.39. The van der Waals surface area contributed by atoms with Crippen molar-refractivity contribution in [3.63, 3.8) is 0 Å². The lowest BCUT2D eigenvalue weighted by atomic mass is 9.98. The molecule has 6 unspecified atom stereocenters. The van der Waals surface area contributed by atoms with Gasteiger partial charge in [0.1, 0.15) is 18.1 Å². The van der Waals surface area contributed by atoms with Crippen molar-refractivity contribution in [1.29, 1.82) is 0 Å². The molecule has 0 saturated carbocycles. The zero-order chi connectivity index (χ0) is 23.6. The monoisotopic (exact) mass is 434 g/mol. The quantitative estimate of drug-likeness (QED) is 0.144. The van der Waals surface area contributed by atoms with E-state index in [4.69, 9.17) is 10.8 Å². The topological polar surface area (TPSA) is 228 Å². The minimum Gasteiger partial charge on any atom is -0.481 e. The normalized spacial score (nSPS) is 16.9. The summed E-state index contributed by atoms with van der Waals surface area (Å²) in [5.41, 5.74) is 5.38. The number of amides is 3. The van der Waals surface area contributed by atoms with Gasteiger partial charge in [0.2, 0.25) is 17.7 Å². The first kappa shape index (κ1) is 27.2. The fourth-order valence-electron chi connectivity index (χ4n) is 2.34. The first-order valence-corrected chi connectivity index (χ1v) is 9.25. The number of carboxylic acid groups (broad SMARTS) is 2. The summed E-state index contributed by atoms with van der Waals surface area (Å²) in [5, 5.41) is 43.5. The first-order valence-electron chi connectivity index (χ1n) is 9.25. The summed E-state index contributed by atoms with van der Waals surface area (Å²) in [7, 11) is 0. The molecule has 0 aromatic heterocycles. The molecule has 0 aliphatic heterocycles. The van der Waals surface area contributed by atoms with Crippen LogP contribution in [0, 0.1) is 5.92 Å². The number of hydrogen-bond acceptors (Lipinski definition) is 8. The Hall–Kier alpha value is -2.77. The summed E-state index contributed by atoms with van der Waals surface area (Å²) in [6.45, 7) is 3.60. The van der Waals surface area contributed by atoms with E-state index in [0.717, 1.165) is 0 Å². The molecule has 0 aromatic rings. The van der Waals surface area contributed by atoms with Crippen molar-refractivity contribution < 1.29 is 44.4 Å². The number of hydrogen-bond donors (Lipinski definition) is 8. The molecule has 13 heteroatoms. The van der Waals surface area contributed by atoms with Gasteiger partial charge in [0.15, 0.2) is 0 Å². The Balaban J connectivity index is 5.23. The second-order valence-corrected chi connectivity index (χ2v) is 6.88. The maximum atomic E-state index is 12.4. The van der Waals surface area contributed by atoms with E-state index in [1.165, 1.54) is 6.92 Å². The molecule has 9 N–H and O–H groups in total. The van der Waals surface area contributed by atoms with Gasteiger partial charge in [-0.1, -0.05) is 20.3 Å². The van der Waals surface area contributed by atoms with E-state index in [-0.39, 0.29) is 0 Å². The molecule has 0 aliphatic rings. The van der Waals surface area contributed by atoms with Crippen LogP contribution in [-0.4, -0.2) is 87.0 Å². The van der Waals surface area contributed by atoms with Crippen molar-refractivity contribution in [2.75, 3.05) is 6.61 Å². The molecule has 0 aliphatic carbocycles. The number of nitrogens with one attached hydrogen (secondary N) is 3. The van der Waals surface area contributed by atoms with Crippen LogP contribution in [0.1, 0.15) is 33.6 Å². The Morgan fingerprint density at radius 1 is 0.900 bits per heavy atom. The smallest absolute Gasteiger partial charge is 0.326 e. The molecule has 0 fully saturated rings. The Morgan fingerprint density at radius 3 is 1.83 bits per heavy atom. The molecule has 0 saturated heterocycles. The number of carbonyl (C=O) groups is 5. The van der Waals surface area contributed by atoms with Gasteiger partial charge in [-0.25, -0.2) is 4.79 Å². The predicted molar refractivity (Wildman–Crippen MR) is 102 cm³/mol. The van der Waals surface area contributed by atoms with E-state index >= 15 is 0 Å². The van der Waals surface area contributed by atoms with Gasteiger partial charge in [-0.3, -0.25) is 19.2 Å². The Labute approximate surface area is 173 Å². The Morgan fingerprint density at radius 2 is 1.43 bits per heavy atom. The molecule has 13 nitrogen and oxygen atoms in total. The average Bonchev–Trinajstić information content (AvgIpc) is 2.65. The van der Waals surface area contributed by atoms with Crippen LogP contribution in [0.3, 0.4) is 0 Å². The number of rotatable bonds is 13. The van der Waals surface area contributed by atoms with Crippen LogP contribution in [0.4, 0.5) is 0 Å². The maximum Gasteiger partial charge on any atom is 0.326 e. The van der Waals surface area contributed by atoms with Crippen molar-refractivity contribution in [2.45, 2.75) is 63.9 Å². The number of carboxylic acids is 2. The summed E-state index contributed by atoms with van der Waals surface area (Å²) in [6.07, 6.45) is -1.71. The zero-order valence-corrected chi connectivity index (χ0v) is 17.0. The van der Waals surface area contributed by atoms with Gasteiger partial charge in [0.05, 0.1) is 25.2 Å². The van der Waals surface area contributed by atoms with Gasteiger partial charge >= 0.3 is 11.9 Å². The fourth-order valence-corrected chi connectivity index (χ4v) is 2.34. The highest BCUT2D eigenvalue weighted by molar-refractivity contribution is 5.95. The average molecular weight is 434 g/mol. The van der Waals surface area contributed by atoms with Gasteiger partial charge in [-0.15, -0.1) is 0 Å². The van der Waals surface area contributed by atoms with E-state index in [1.807, 2.05) is 5.32 Å². The van der Waals surface area contributed by atoms with Crippen LogP contribution in [0.5, 0.6) is 0 Å². The van der Waals surface area contributed by atoms with Crippen molar-refractivity contribution in [3.8, 4) is 0 Å². The van der Waals surface area contributed by atoms with E-state index < -0.39 is 78.9 Å². The molecule has 0 aromatic carbocycles. The SMILES string of the molecule is CCC(C)C(NC(=O)C(NC(=O)C(CO)NC(=O)C(N)CC(=O)O)C(C)O)C(=O)O. The summed E-state index contributed by atoms with van der Waals surface area (Å²) in [6, 6.07) is -5.91. The van der Waals surface area contributed by atoms with Gasteiger partial charge in [-0.2, -0.15) is 0 Å². The summed E-state index contributed by atoms with van der Waals surface area (Å²) in [4.78, 5) is 58.6. The number of aliphatic hydroxyl groups is 2. The van der Waals surface area contributed by atoms with Gasteiger partial charge in [-0.05, 0) is 12.8 Å². The zero-order valence-electron chi connectivity index (χ0n) is 17.0. The van der Waals surface area contributed by atoms with Gasteiger partial charge in [0.25, 0.3) is 0 Å². The standard InChI is InChI=1S/C17H30N4O9/c1-4-7(2)12(17(29)30)20-16(28)13(8(3)23)21-15(27)10(6-22)19-14(26)9(18)5-11(24)25/h7-10,12-13,22-23H,4-6,18H2,1-3H3,(H,19,26)(H,20,28)(H,21,27)(H,24,25)(H,29,30). The molecular weight excluding hydrogens is 404 g/mol. The van der Waals surface area contributed by atoms with Crippen LogP contribution in [-0.2, 0) is 24.0 Å². The van der Waals surface area contributed by atoms with Crippen LogP contribution >= 0.6 is 0 Å². The highest BCUT2D eigenvalue weighted by Crippen LogP contribution is 2.09. The molecule has 0 radical (unpaired) electrons. The van der Waals surface area contributed by atoms with Crippen LogP contribution < -0.4 is 21.7 Å². The molecular formula is C17H30N4O9. The molecule has 3 amide bonds. The lowest BCUT2D eigenvalue weighted by Crippen LogP contribution is -2.61. The van der Waals surface area contributed by atoms with Crippen molar-refractivity contribution >= 4 is 29.7 Å². The molecule has 0 rings (SSSR count). The lowest BCUT2D eigenvalue weighted by Gasteiger charge is -2.27. The highest BCUT2D eigenvalue weighted by Gasteiger charge is 2.34. The van der Waals surface area contributed by atoms with Crippen LogP contribution in [0.15, 0.2) is 0 Å². The second-order valence-electron chi connectivity index (χ2n) is 6.88. The summed E-state index contributed by atoms with van der Waals surface area (Å²) in [5.74, 6) is -6.13. The van der Waals surface area contributed by atoms with Crippen LogP contribution in [0.25, 0.3) is 0 Å². The Bertz CT molecular complexity index is 641. The molecule has 172 valence electrons. The largest absolute Gasteiger partial charge is 0.481 e. The Kier molecular flexibility index (Phi) is 11.5. The number of aliphatic carboxylic acids is 2. The third-order valence-electron chi connectivity index (χ3n) is 4.39. The minimum atomic E-state index is -1.59. The van der Waals surface area contributed by atoms with Crippen molar-refractivity contribution in [3.05, 3.63) is 0 Å². The van der Waals surface area contributed by atoms with Crippen molar-refractivity contribution in [1.82, 2.24) is 16.0 Å². The molecule has 0 heterocycles.